The smallest absolute Gasteiger partial charge is 0.241 e. The van der Waals surface area contributed by atoms with Crippen molar-refractivity contribution in [3.8, 4) is 0 Å². The van der Waals surface area contributed by atoms with E-state index in [1.807, 2.05) is 0 Å². The fraction of sp³-hybridized carbons (Fsp3) is 0.235. The summed E-state index contributed by atoms with van der Waals surface area (Å²) in [6.45, 7) is 4.45. The van der Waals surface area contributed by atoms with Crippen molar-refractivity contribution in [1.29, 1.82) is 0 Å². The molecule has 3 rings (SSSR count). The third-order valence-electron chi connectivity index (χ3n) is 3.74. The third kappa shape index (κ3) is 2.03. The topological polar surface area (TPSA) is 19.7 Å². The molecule has 0 amide bonds. The molecule has 1 atom stereocenters. The minimum Gasteiger partial charge on any atom is -0.241 e. The lowest BCUT2D eigenvalue weighted by molar-refractivity contribution is -0.692. The lowest BCUT2D eigenvalue weighted by Gasteiger charge is -2.11. The van der Waals surface area contributed by atoms with Crippen LogP contribution in [0.25, 0.3) is 11.0 Å². The van der Waals surface area contributed by atoms with Crippen LogP contribution in [0.4, 0.5) is 0 Å². The van der Waals surface area contributed by atoms with Gasteiger partial charge in [0.2, 0.25) is 0 Å². The first-order valence-corrected chi connectivity index (χ1v) is 6.87. The zero-order valence-electron chi connectivity index (χ0n) is 11.4. The number of para-hydroxylation sites is 2. The second-order valence-corrected chi connectivity index (χ2v) is 4.90. The van der Waals surface area contributed by atoms with Crippen LogP contribution in [0.15, 0.2) is 54.6 Å². The number of aromatic amines is 1. The number of nitrogens with zero attached hydrogens (tertiary/aromatic N) is 1. The number of benzene rings is 2. The quantitative estimate of drug-likeness (QED) is 0.686. The molecule has 0 bridgehead atoms. The average molecular weight is 251 g/mol. The van der Waals surface area contributed by atoms with Crippen molar-refractivity contribution < 1.29 is 4.57 Å². The average Bonchev–Trinajstić information content (AvgIpc) is 2.86. The summed E-state index contributed by atoms with van der Waals surface area (Å²) in [5, 5.41) is 0. The van der Waals surface area contributed by atoms with Gasteiger partial charge in [-0.1, -0.05) is 49.4 Å². The molecule has 1 aromatic heterocycles. The van der Waals surface area contributed by atoms with Crippen LogP contribution in [0.5, 0.6) is 0 Å². The minimum absolute atomic E-state index is 0.340. The molecule has 0 aliphatic heterocycles. The Labute approximate surface area is 113 Å². The molecule has 2 nitrogen and oxygen atoms in total. The van der Waals surface area contributed by atoms with Gasteiger partial charge in [0, 0.05) is 6.42 Å². The van der Waals surface area contributed by atoms with Gasteiger partial charge in [-0.15, -0.1) is 0 Å². The van der Waals surface area contributed by atoms with E-state index in [9.17, 15) is 0 Å². The molecule has 0 saturated carbocycles. The maximum atomic E-state index is 3.53. The molecular formula is C17H19N2+. The maximum absolute atomic E-state index is 3.53. The highest BCUT2D eigenvalue weighted by molar-refractivity contribution is 5.71. The Morgan fingerprint density at radius 2 is 1.68 bits per heavy atom. The Kier molecular flexibility index (Phi) is 3.08. The van der Waals surface area contributed by atoms with Crippen LogP contribution in [0.2, 0.25) is 0 Å². The Hall–Kier alpha value is -2.09. The normalized spacial score (nSPS) is 12.7. The molecular weight excluding hydrogens is 232 g/mol. The summed E-state index contributed by atoms with van der Waals surface area (Å²) >= 11 is 0. The van der Waals surface area contributed by atoms with E-state index in [4.69, 9.17) is 0 Å². The van der Waals surface area contributed by atoms with Crippen LogP contribution in [0.3, 0.4) is 0 Å². The summed E-state index contributed by atoms with van der Waals surface area (Å²) in [6.07, 6.45) is 1.01. The number of aromatic nitrogens is 2. The molecule has 19 heavy (non-hydrogen) atoms. The number of aryl methyl sites for hydroxylation is 1. The molecule has 0 saturated heterocycles. The maximum Gasteiger partial charge on any atom is 0.255 e. The molecule has 0 aliphatic carbocycles. The molecule has 1 heterocycles. The van der Waals surface area contributed by atoms with Gasteiger partial charge in [-0.25, -0.2) is 9.55 Å². The second kappa shape index (κ2) is 4.88. The predicted octanol–water partition coefficient (Wildman–Crippen LogP) is 3.63. The van der Waals surface area contributed by atoms with Gasteiger partial charge < -0.3 is 0 Å². The molecule has 0 radical (unpaired) electrons. The van der Waals surface area contributed by atoms with Gasteiger partial charge in [0.15, 0.2) is 11.0 Å². The molecule has 0 fully saturated rings. The molecule has 96 valence electrons. The Balaban J connectivity index is 2.18. The van der Waals surface area contributed by atoms with E-state index < -0.39 is 0 Å². The first-order chi connectivity index (χ1) is 9.31. The lowest BCUT2D eigenvalue weighted by Crippen LogP contribution is -2.41. The van der Waals surface area contributed by atoms with E-state index in [1.165, 1.54) is 22.4 Å². The second-order valence-electron chi connectivity index (χ2n) is 4.90. The van der Waals surface area contributed by atoms with Gasteiger partial charge in [-0.2, -0.15) is 0 Å². The molecule has 2 heteroatoms. The van der Waals surface area contributed by atoms with E-state index in [-0.39, 0.29) is 0 Å². The standard InChI is InChI=1S/C17H18N2/c1-3-17-18-15-11-7-8-12-16(15)19(17)13(2)14-9-5-4-6-10-14/h4-13H,3H2,1-2H3/p+1. The van der Waals surface area contributed by atoms with Crippen LogP contribution in [-0.4, -0.2) is 4.98 Å². The monoisotopic (exact) mass is 251 g/mol. The van der Waals surface area contributed by atoms with Gasteiger partial charge in [0.25, 0.3) is 5.82 Å². The summed E-state index contributed by atoms with van der Waals surface area (Å²) in [5.74, 6) is 1.28. The zero-order chi connectivity index (χ0) is 13.2. The van der Waals surface area contributed by atoms with E-state index >= 15 is 0 Å². The van der Waals surface area contributed by atoms with Crippen molar-refractivity contribution in [2.75, 3.05) is 0 Å². The first kappa shape index (κ1) is 12.0. The zero-order valence-corrected chi connectivity index (χ0v) is 11.4. The van der Waals surface area contributed by atoms with E-state index in [1.54, 1.807) is 0 Å². The highest BCUT2D eigenvalue weighted by Gasteiger charge is 2.22. The number of hydrogen-bond acceptors (Lipinski definition) is 0. The Bertz CT molecular complexity index is 683. The van der Waals surface area contributed by atoms with Crippen LogP contribution in [0, 0.1) is 0 Å². The SMILES string of the molecule is CCc1[nH]c2ccccc2[n+]1C(C)c1ccccc1. The van der Waals surface area contributed by atoms with Gasteiger partial charge in [-0.3, -0.25) is 0 Å². The summed E-state index contributed by atoms with van der Waals surface area (Å²) < 4.78 is 2.41. The highest BCUT2D eigenvalue weighted by Crippen LogP contribution is 2.17. The van der Waals surface area contributed by atoms with E-state index in [0.717, 1.165) is 6.42 Å². The molecule has 0 spiro atoms. The Morgan fingerprint density at radius 1 is 1.00 bits per heavy atom. The molecule has 0 aliphatic rings. The van der Waals surface area contributed by atoms with Gasteiger partial charge in [-0.05, 0) is 24.6 Å². The number of hydrogen-bond donors (Lipinski definition) is 1. The molecule has 1 unspecified atom stereocenters. The lowest BCUT2D eigenvalue weighted by atomic mass is 10.1. The van der Waals surface area contributed by atoms with Crippen LogP contribution in [-0.2, 0) is 6.42 Å². The van der Waals surface area contributed by atoms with Gasteiger partial charge >= 0.3 is 0 Å². The summed E-state index contributed by atoms with van der Waals surface area (Å²) in [4.78, 5) is 3.53. The fourth-order valence-corrected chi connectivity index (χ4v) is 2.73. The van der Waals surface area contributed by atoms with Gasteiger partial charge in [0.1, 0.15) is 6.04 Å². The number of rotatable bonds is 3. The largest absolute Gasteiger partial charge is 0.255 e. The Morgan fingerprint density at radius 3 is 2.42 bits per heavy atom. The molecule has 1 N–H and O–H groups in total. The van der Waals surface area contributed by atoms with Crippen molar-refractivity contribution in [2.45, 2.75) is 26.3 Å². The van der Waals surface area contributed by atoms with Crippen molar-refractivity contribution in [3.63, 3.8) is 0 Å². The number of fused-ring (bicyclic) bond motifs is 1. The third-order valence-corrected chi connectivity index (χ3v) is 3.74. The number of nitrogens with one attached hydrogen (secondary N) is 1. The van der Waals surface area contributed by atoms with Crippen LogP contribution >= 0.6 is 0 Å². The molecule has 2 aromatic carbocycles. The van der Waals surface area contributed by atoms with Crippen LogP contribution in [0.1, 0.15) is 31.3 Å². The van der Waals surface area contributed by atoms with E-state index in [0.29, 0.717) is 6.04 Å². The number of imidazole rings is 1. The van der Waals surface area contributed by atoms with Crippen molar-refractivity contribution in [2.24, 2.45) is 0 Å². The summed E-state index contributed by atoms with van der Waals surface area (Å²) in [7, 11) is 0. The number of H-pyrrole nitrogens is 1. The fourth-order valence-electron chi connectivity index (χ4n) is 2.73. The summed E-state index contributed by atoms with van der Waals surface area (Å²) in [5.41, 5.74) is 3.82. The van der Waals surface area contributed by atoms with Crippen molar-refractivity contribution >= 4 is 11.0 Å². The summed E-state index contributed by atoms with van der Waals surface area (Å²) in [6, 6.07) is 19.5. The predicted molar refractivity (Wildman–Crippen MR) is 78.1 cm³/mol. The minimum atomic E-state index is 0.340. The highest BCUT2D eigenvalue weighted by atomic mass is 15.1. The van der Waals surface area contributed by atoms with Crippen molar-refractivity contribution in [3.05, 3.63) is 66.0 Å². The van der Waals surface area contributed by atoms with Gasteiger partial charge in [0.05, 0.1) is 0 Å². The first-order valence-electron chi connectivity index (χ1n) is 6.87. The molecule has 3 aromatic rings. The van der Waals surface area contributed by atoms with Crippen LogP contribution < -0.4 is 4.57 Å². The van der Waals surface area contributed by atoms with Crippen molar-refractivity contribution in [1.82, 2.24) is 4.98 Å². The van der Waals surface area contributed by atoms with E-state index in [2.05, 4.69) is 78.0 Å².